The molecule has 1 aliphatic heterocycles. The average Bonchev–Trinajstić information content (AvgIpc) is 1.99. The minimum Gasteiger partial charge on any atom is -0.379 e. The SMILES string of the molecule is CC(C)(C)NC(=O)[C@H]1CC[C@H](O)N[C@H]1O. The number of aliphatic hydroxyl groups is 2. The van der Waals surface area contributed by atoms with Gasteiger partial charge in [-0.15, -0.1) is 0 Å². The van der Waals surface area contributed by atoms with Crippen LogP contribution in [0.5, 0.6) is 0 Å². The van der Waals surface area contributed by atoms with Crippen LogP contribution >= 0.6 is 0 Å². The van der Waals surface area contributed by atoms with Crippen molar-refractivity contribution in [2.75, 3.05) is 0 Å². The Morgan fingerprint density at radius 1 is 1.33 bits per heavy atom. The molecule has 5 heteroatoms. The van der Waals surface area contributed by atoms with E-state index in [1.54, 1.807) is 0 Å². The number of carbonyl (C=O) groups is 1. The molecule has 1 saturated heterocycles. The molecule has 1 amide bonds. The van der Waals surface area contributed by atoms with Crippen LogP contribution in [0.15, 0.2) is 0 Å². The molecule has 0 unspecified atom stereocenters. The maximum Gasteiger partial charge on any atom is 0.227 e. The van der Waals surface area contributed by atoms with Crippen LogP contribution in [-0.2, 0) is 4.79 Å². The van der Waals surface area contributed by atoms with E-state index < -0.39 is 18.4 Å². The standard InChI is InChI=1S/C10H20N2O3/c1-10(2,3)12-9(15)6-4-5-7(13)11-8(6)14/h6-8,11,13-14H,4-5H2,1-3H3,(H,12,15)/t6-,7-,8-/m0/s1. The number of nitrogens with one attached hydrogen (secondary N) is 2. The molecular formula is C10H20N2O3. The fraction of sp³-hybridized carbons (Fsp3) is 0.900. The lowest BCUT2D eigenvalue weighted by atomic mass is 9.94. The lowest BCUT2D eigenvalue weighted by Gasteiger charge is -2.33. The van der Waals surface area contributed by atoms with Crippen LogP contribution in [0, 0.1) is 5.92 Å². The van der Waals surface area contributed by atoms with Gasteiger partial charge in [-0.3, -0.25) is 10.1 Å². The van der Waals surface area contributed by atoms with Crippen molar-refractivity contribution in [3.63, 3.8) is 0 Å². The lowest BCUT2D eigenvalue weighted by Crippen LogP contribution is -2.54. The van der Waals surface area contributed by atoms with Gasteiger partial charge < -0.3 is 15.5 Å². The van der Waals surface area contributed by atoms with Gasteiger partial charge in [0.1, 0.15) is 12.5 Å². The van der Waals surface area contributed by atoms with Gasteiger partial charge in [0, 0.05) is 5.54 Å². The monoisotopic (exact) mass is 216 g/mol. The highest BCUT2D eigenvalue weighted by atomic mass is 16.3. The summed E-state index contributed by atoms with van der Waals surface area (Å²) in [6.45, 7) is 5.67. The van der Waals surface area contributed by atoms with Gasteiger partial charge in [0.15, 0.2) is 0 Å². The Balaban J connectivity index is 2.53. The molecular weight excluding hydrogens is 196 g/mol. The Labute approximate surface area is 89.9 Å². The zero-order valence-corrected chi connectivity index (χ0v) is 9.45. The number of rotatable bonds is 1. The van der Waals surface area contributed by atoms with Crippen LogP contribution in [0.25, 0.3) is 0 Å². The molecule has 1 rings (SSSR count). The summed E-state index contributed by atoms with van der Waals surface area (Å²) in [4.78, 5) is 11.7. The number of hydrogen-bond acceptors (Lipinski definition) is 4. The summed E-state index contributed by atoms with van der Waals surface area (Å²) < 4.78 is 0. The smallest absolute Gasteiger partial charge is 0.227 e. The first-order chi connectivity index (χ1) is 6.79. The molecule has 1 fully saturated rings. The summed E-state index contributed by atoms with van der Waals surface area (Å²) in [5.41, 5.74) is -0.299. The van der Waals surface area contributed by atoms with Crippen molar-refractivity contribution in [1.82, 2.24) is 10.6 Å². The van der Waals surface area contributed by atoms with E-state index in [0.717, 1.165) is 0 Å². The first-order valence-electron chi connectivity index (χ1n) is 5.24. The van der Waals surface area contributed by atoms with Crippen LogP contribution in [0.4, 0.5) is 0 Å². The Morgan fingerprint density at radius 2 is 1.93 bits per heavy atom. The van der Waals surface area contributed by atoms with Crippen LogP contribution in [0.1, 0.15) is 33.6 Å². The second-order valence-electron chi connectivity index (χ2n) is 5.05. The van der Waals surface area contributed by atoms with Crippen molar-refractivity contribution in [3.8, 4) is 0 Å². The van der Waals surface area contributed by atoms with Gasteiger partial charge in [-0.05, 0) is 33.6 Å². The van der Waals surface area contributed by atoms with E-state index in [2.05, 4.69) is 10.6 Å². The number of aliphatic hydroxyl groups excluding tert-OH is 2. The third kappa shape index (κ3) is 3.77. The molecule has 88 valence electrons. The summed E-state index contributed by atoms with van der Waals surface area (Å²) in [7, 11) is 0. The Kier molecular flexibility index (Phi) is 3.70. The molecule has 15 heavy (non-hydrogen) atoms. The minimum atomic E-state index is -0.962. The van der Waals surface area contributed by atoms with Crippen LogP contribution in [0.3, 0.4) is 0 Å². The van der Waals surface area contributed by atoms with Gasteiger partial charge in [0.05, 0.1) is 5.92 Å². The Hall–Kier alpha value is -0.650. The second-order valence-corrected chi connectivity index (χ2v) is 5.05. The van der Waals surface area contributed by atoms with E-state index >= 15 is 0 Å². The number of hydrogen-bond donors (Lipinski definition) is 4. The largest absolute Gasteiger partial charge is 0.379 e. The molecule has 3 atom stereocenters. The summed E-state index contributed by atoms with van der Waals surface area (Å²) in [6, 6.07) is 0. The van der Waals surface area contributed by atoms with Gasteiger partial charge in [-0.1, -0.05) is 0 Å². The van der Waals surface area contributed by atoms with Crippen molar-refractivity contribution in [3.05, 3.63) is 0 Å². The molecule has 0 aromatic carbocycles. The number of carbonyl (C=O) groups excluding carboxylic acids is 1. The third-order valence-corrected chi connectivity index (χ3v) is 2.33. The van der Waals surface area contributed by atoms with Crippen molar-refractivity contribution in [2.45, 2.75) is 51.6 Å². The van der Waals surface area contributed by atoms with Crippen LogP contribution in [0.2, 0.25) is 0 Å². The number of piperidine rings is 1. The summed E-state index contributed by atoms with van der Waals surface area (Å²) in [6.07, 6.45) is -0.689. The van der Waals surface area contributed by atoms with Gasteiger partial charge in [-0.25, -0.2) is 0 Å². The molecule has 4 N–H and O–H groups in total. The average molecular weight is 216 g/mol. The maximum atomic E-state index is 11.7. The molecule has 0 aliphatic carbocycles. The van der Waals surface area contributed by atoms with E-state index in [9.17, 15) is 15.0 Å². The zero-order valence-electron chi connectivity index (χ0n) is 9.45. The first kappa shape index (κ1) is 12.4. The van der Waals surface area contributed by atoms with E-state index in [1.165, 1.54) is 0 Å². The highest BCUT2D eigenvalue weighted by Gasteiger charge is 2.33. The highest BCUT2D eigenvalue weighted by Crippen LogP contribution is 2.18. The minimum absolute atomic E-state index is 0.172. The maximum absolute atomic E-state index is 11.7. The molecule has 1 heterocycles. The summed E-state index contributed by atoms with van der Waals surface area (Å²) >= 11 is 0. The molecule has 0 aromatic heterocycles. The molecule has 0 bridgehead atoms. The highest BCUT2D eigenvalue weighted by molar-refractivity contribution is 5.79. The second kappa shape index (κ2) is 4.47. The predicted octanol–water partition coefficient (Wildman–Crippen LogP) is -0.462. The topological polar surface area (TPSA) is 81.6 Å². The van der Waals surface area contributed by atoms with E-state index in [0.29, 0.717) is 12.8 Å². The summed E-state index contributed by atoms with van der Waals surface area (Å²) in [5, 5.41) is 24.1. The van der Waals surface area contributed by atoms with E-state index in [1.807, 2.05) is 20.8 Å². The third-order valence-electron chi connectivity index (χ3n) is 2.33. The van der Waals surface area contributed by atoms with Gasteiger partial charge in [-0.2, -0.15) is 0 Å². The molecule has 0 aromatic rings. The van der Waals surface area contributed by atoms with E-state index in [-0.39, 0.29) is 11.4 Å². The zero-order chi connectivity index (χ0) is 11.6. The lowest BCUT2D eigenvalue weighted by molar-refractivity contribution is -0.135. The molecule has 0 radical (unpaired) electrons. The molecule has 0 saturated carbocycles. The fourth-order valence-electron chi connectivity index (χ4n) is 1.63. The van der Waals surface area contributed by atoms with Crippen molar-refractivity contribution < 1.29 is 15.0 Å². The first-order valence-corrected chi connectivity index (χ1v) is 5.24. The summed E-state index contributed by atoms with van der Waals surface area (Å²) in [5.74, 6) is -0.651. The van der Waals surface area contributed by atoms with Crippen molar-refractivity contribution in [2.24, 2.45) is 5.92 Å². The Morgan fingerprint density at radius 3 is 2.40 bits per heavy atom. The van der Waals surface area contributed by atoms with Gasteiger partial charge in [0.2, 0.25) is 5.91 Å². The fourth-order valence-corrected chi connectivity index (χ4v) is 1.63. The van der Waals surface area contributed by atoms with Crippen molar-refractivity contribution >= 4 is 5.91 Å². The predicted molar refractivity (Wildman–Crippen MR) is 55.8 cm³/mol. The van der Waals surface area contributed by atoms with Crippen LogP contribution in [-0.4, -0.2) is 34.1 Å². The number of amides is 1. The Bertz CT molecular complexity index is 237. The van der Waals surface area contributed by atoms with Gasteiger partial charge in [0.25, 0.3) is 0 Å². The normalized spacial score (nSPS) is 32.5. The van der Waals surface area contributed by atoms with Gasteiger partial charge >= 0.3 is 0 Å². The molecule has 5 nitrogen and oxygen atoms in total. The van der Waals surface area contributed by atoms with E-state index in [4.69, 9.17) is 0 Å². The molecule has 1 aliphatic rings. The molecule has 0 spiro atoms. The van der Waals surface area contributed by atoms with Crippen LogP contribution < -0.4 is 10.6 Å². The quantitative estimate of drug-likeness (QED) is 0.478. The van der Waals surface area contributed by atoms with Crippen molar-refractivity contribution in [1.29, 1.82) is 0 Å².